The van der Waals surface area contributed by atoms with Gasteiger partial charge >= 0.3 is 0 Å². The highest BCUT2D eigenvalue weighted by Gasteiger charge is 2.13. The van der Waals surface area contributed by atoms with Gasteiger partial charge in [-0.1, -0.05) is 13.8 Å². The van der Waals surface area contributed by atoms with E-state index in [0.29, 0.717) is 18.2 Å². The van der Waals surface area contributed by atoms with E-state index in [9.17, 15) is 4.79 Å². The van der Waals surface area contributed by atoms with E-state index in [0.717, 1.165) is 23.6 Å². The molecule has 2 rings (SSSR count). The predicted molar refractivity (Wildman–Crippen MR) is 80.5 cm³/mol. The summed E-state index contributed by atoms with van der Waals surface area (Å²) in [7, 11) is 0. The van der Waals surface area contributed by atoms with Crippen LogP contribution < -0.4 is 16.0 Å². The Morgan fingerprint density at radius 2 is 1.95 bits per heavy atom. The molecule has 1 heterocycles. The molecule has 20 heavy (non-hydrogen) atoms. The molecular weight excluding hydrogens is 254 g/mol. The van der Waals surface area contributed by atoms with Crippen molar-refractivity contribution in [2.75, 3.05) is 12.3 Å². The van der Waals surface area contributed by atoms with Crippen LogP contribution in [0.2, 0.25) is 0 Å². The number of hydrogen-bond donors (Lipinski definition) is 2. The summed E-state index contributed by atoms with van der Waals surface area (Å²) in [6.45, 7) is 6.73. The summed E-state index contributed by atoms with van der Waals surface area (Å²) in [5.41, 5.74) is 7.51. The van der Waals surface area contributed by atoms with Crippen LogP contribution in [-0.4, -0.2) is 16.4 Å². The van der Waals surface area contributed by atoms with Crippen molar-refractivity contribution in [2.45, 2.75) is 27.2 Å². The Kier molecular flexibility index (Phi) is 4.17. The summed E-state index contributed by atoms with van der Waals surface area (Å²) in [5.74, 6) is 1.22. The van der Waals surface area contributed by atoms with Crippen molar-refractivity contribution in [2.24, 2.45) is 5.92 Å². The molecule has 108 valence electrons. The molecule has 1 aromatic carbocycles. The molecule has 0 saturated carbocycles. The van der Waals surface area contributed by atoms with E-state index in [1.165, 1.54) is 4.68 Å². The van der Waals surface area contributed by atoms with Crippen molar-refractivity contribution in [3.8, 4) is 11.4 Å². The number of rotatable bonds is 5. The zero-order chi connectivity index (χ0) is 14.7. The number of nitrogens with one attached hydrogen (secondary N) is 1. The van der Waals surface area contributed by atoms with Crippen molar-refractivity contribution in [3.63, 3.8) is 0 Å². The normalized spacial score (nSPS) is 11.0. The first-order valence-corrected chi connectivity index (χ1v) is 6.85. The zero-order valence-corrected chi connectivity index (χ0v) is 12.1. The first kappa shape index (κ1) is 14.2. The zero-order valence-electron chi connectivity index (χ0n) is 12.1. The van der Waals surface area contributed by atoms with Gasteiger partial charge in [0.05, 0.1) is 18.0 Å². The fourth-order valence-electron chi connectivity index (χ4n) is 2.10. The Hall–Kier alpha value is -2.17. The van der Waals surface area contributed by atoms with E-state index in [4.69, 9.17) is 10.5 Å². The van der Waals surface area contributed by atoms with E-state index >= 15 is 0 Å². The van der Waals surface area contributed by atoms with Gasteiger partial charge in [0.25, 0.3) is 5.56 Å². The molecule has 0 spiro atoms. The van der Waals surface area contributed by atoms with Gasteiger partial charge in [-0.2, -0.15) is 0 Å². The molecule has 0 saturated heterocycles. The molecule has 0 fully saturated rings. The lowest BCUT2D eigenvalue weighted by molar-refractivity contribution is 0.340. The molecule has 0 unspecified atom stereocenters. The lowest BCUT2D eigenvalue weighted by Crippen LogP contribution is -2.16. The van der Waals surface area contributed by atoms with Gasteiger partial charge in [-0.05, 0) is 43.5 Å². The molecule has 0 amide bonds. The van der Waals surface area contributed by atoms with Crippen LogP contribution in [0.5, 0.6) is 5.75 Å². The topological polar surface area (TPSA) is 73.0 Å². The number of aromatic nitrogens is 2. The number of benzene rings is 1. The van der Waals surface area contributed by atoms with Crippen LogP contribution in [-0.2, 0) is 6.42 Å². The van der Waals surface area contributed by atoms with Gasteiger partial charge in [0.1, 0.15) is 11.4 Å². The van der Waals surface area contributed by atoms with Gasteiger partial charge in [0, 0.05) is 0 Å². The lowest BCUT2D eigenvalue weighted by Gasteiger charge is -2.06. The summed E-state index contributed by atoms with van der Waals surface area (Å²) in [4.78, 5) is 12.2. The Morgan fingerprint density at radius 1 is 1.30 bits per heavy atom. The van der Waals surface area contributed by atoms with Crippen LogP contribution in [0.15, 0.2) is 29.1 Å². The first-order chi connectivity index (χ1) is 9.52. The number of nitrogens with zero attached hydrogens (tertiary/aromatic N) is 1. The molecule has 5 heteroatoms. The van der Waals surface area contributed by atoms with Crippen molar-refractivity contribution < 1.29 is 4.74 Å². The Balaban J connectivity index is 2.35. The van der Waals surface area contributed by atoms with Crippen LogP contribution in [0.1, 0.15) is 26.5 Å². The summed E-state index contributed by atoms with van der Waals surface area (Å²) in [6.07, 6.45) is 0.755. The molecule has 1 aromatic heterocycles. The number of hydrogen-bond acceptors (Lipinski definition) is 3. The maximum absolute atomic E-state index is 12.2. The highest BCUT2D eigenvalue weighted by atomic mass is 16.5. The number of nitrogen functional groups attached to an aromatic ring is 1. The van der Waals surface area contributed by atoms with E-state index in [-0.39, 0.29) is 5.56 Å². The molecular formula is C15H21N3O2. The molecule has 3 N–H and O–H groups in total. The van der Waals surface area contributed by atoms with Gasteiger partial charge in [-0.15, -0.1) is 0 Å². The lowest BCUT2D eigenvalue weighted by atomic mass is 10.1. The average molecular weight is 275 g/mol. The van der Waals surface area contributed by atoms with Crippen molar-refractivity contribution in [1.29, 1.82) is 0 Å². The molecule has 0 bridgehead atoms. The van der Waals surface area contributed by atoms with Gasteiger partial charge in [-0.3, -0.25) is 9.89 Å². The quantitative estimate of drug-likeness (QED) is 0.879. The van der Waals surface area contributed by atoms with E-state index in [1.54, 1.807) is 0 Å². The molecule has 0 radical (unpaired) electrons. The maximum Gasteiger partial charge on any atom is 0.294 e. The third kappa shape index (κ3) is 2.87. The van der Waals surface area contributed by atoms with E-state index in [1.807, 2.05) is 31.2 Å². The minimum Gasteiger partial charge on any atom is -0.494 e. The fraction of sp³-hybridized carbons (Fsp3) is 0.400. The van der Waals surface area contributed by atoms with Crippen LogP contribution >= 0.6 is 0 Å². The summed E-state index contributed by atoms with van der Waals surface area (Å²) in [5, 5.41) is 3.09. The molecule has 2 aromatic rings. The third-order valence-electron chi connectivity index (χ3n) is 3.02. The maximum atomic E-state index is 12.2. The Labute approximate surface area is 118 Å². The minimum atomic E-state index is -0.204. The van der Waals surface area contributed by atoms with Gasteiger partial charge < -0.3 is 10.5 Å². The highest BCUT2D eigenvalue weighted by molar-refractivity contribution is 5.45. The first-order valence-electron chi connectivity index (χ1n) is 6.85. The second kappa shape index (κ2) is 5.86. The standard InChI is InChI=1S/C15H21N3O2/c1-4-20-12-7-5-11(6-8-12)18-15(19)14(16)13(17-18)9-10(2)3/h5-8,10,17H,4,9,16H2,1-3H3. The third-order valence-corrected chi connectivity index (χ3v) is 3.02. The number of H-pyrrole nitrogens is 1. The molecule has 5 nitrogen and oxygen atoms in total. The van der Waals surface area contributed by atoms with Crippen molar-refractivity contribution in [1.82, 2.24) is 9.78 Å². The average Bonchev–Trinajstić information content (AvgIpc) is 2.68. The second-order valence-electron chi connectivity index (χ2n) is 5.17. The van der Waals surface area contributed by atoms with Crippen molar-refractivity contribution in [3.05, 3.63) is 40.3 Å². The summed E-state index contributed by atoms with van der Waals surface area (Å²) < 4.78 is 6.86. The summed E-state index contributed by atoms with van der Waals surface area (Å²) >= 11 is 0. The second-order valence-corrected chi connectivity index (χ2v) is 5.17. The molecule has 0 aliphatic rings. The number of ether oxygens (including phenoxy) is 1. The Morgan fingerprint density at radius 3 is 2.50 bits per heavy atom. The molecule has 0 aliphatic carbocycles. The number of aromatic amines is 1. The van der Waals surface area contributed by atoms with E-state index < -0.39 is 0 Å². The van der Waals surface area contributed by atoms with E-state index in [2.05, 4.69) is 18.9 Å². The van der Waals surface area contributed by atoms with Crippen LogP contribution in [0.4, 0.5) is 5.69 Å². The fourth-order valence-corrected chi connectivity index (χ4v) is 2.10. The van der Waals surface area contributed by atoms with Crippen LogP contribution in [0.25, 0.3) is 5.69 Å². The Bertz CT molecular complexity index is 624. The number of anilines is 1. The van der Waals surface area contributed by atoms with Crippen LogP contribution in [0.3, 0.4) is 0 Å². The predicted octanol–water partition coefficient (Wildman–Crippen LogP) is 2.34. The minimum absolute atomic E-state index is 0.204. The number of nitrogens with two attached hydrogens (primary N) is 1. The molecule has 0 aliphatic heterocycles. The van der Waals surface area contributed by atoms with Gasteiger partial charge in [0.15, 0.2) is 0 Å². The molecule has 0 atom stereocenters. The SMILES string of the molecule is CCOc1ccc(-n2[nH]c(CC(C)C)c(N)c2=O)cc1. The largest absolute Gasteiger partial charge is 0.494 e. The van der Waals surface area contributed by atoms with Gasteiger partial charge in [0.2, 0.25) is 0 Å². The van der Waals surface area contributed by atoms with Crippen molar-refractivity contribution >= 4 is 5.69 Å². The van der Waals surface area contributed by atoms with Gasteiger partial charge in [-0.25, -0.2) is 4.68 Å². The summed E-state index contributed by atoms with van der Waals surface area (Å²) in [6, 6.07) is 7.35. The van der Waals surface area contributed by atoms with Crippen LogP contribution in [0, 0.1) is 5.92 Å². The highest BCUT2D eigenvalue weighted by Crippen LogP contribution is 2.16. The smallest absolute Gasteiger partial charge is 0.294 e. The monoisotopic (exact) mass is 275 g/mol.